The first-order chi connectivity index (χ1) is 10.1. The second-order valence-electron chi connectivity index (χ2n) is 4.78. The lowest BCUT2D eigenvalue weighted by Crippen LogP contribution is -2.18. The molecule has 1 aliphatic heterocycles. The van der Waals surface area contributed by atoms with Gasteiger partial charge < -0.3 is 9.64 Å². The maximum atomic E-state index is 11.3. The van der Waals surface area contributed by atoms with Crippen LogP contribution in [0.4, 0.5) is 11.4 Å². The molecule has 2 rings (SSSR count). The van der Waals surface area contributed by atoms with E-state index in [0.29, 0.717) is 17.9 Å². The van der Waals surface area contributed by atoms with Gasteiger partial charge in [0.25, 0.3) is 5.69 Å². The van der Waals surface area contributed by atoms with Crippen molar-refractivity contribution in [3.05, 3.63) is 40.0 Å². The third-order valence-electron chi connectivity index (χ3n) is 3.34. The molecule has 0 spiro atoms. The van der Waals surface area contributed by atoms with Gasteiger partial charge in [-0.05, 0) is 37.5 Å². The molecule has 0 amide bonds. The average Bonchev–Trinajstić information content (AvgIpc) is 2.99. The molecular formula is C15H18N2O4. The van der Waals surface area contributed by atoms with E-state index in [9.17, 15) is 14.9 Å². The fourth-order valence-corrected chi connectivity index (χ4v) is 2.37. The zero-order valence-corrected chi connectivity index (χ0v) is 11.9. The van der Waals surface area contributed by atoms with Crippen molar-refractivity contribution in [2.24, 2.45) is 0 Å². The first-order valence-electron chi connectivity index (χ1n) is 7.00. The molecule has 0 radical (unpaired) electrons. The first-order valence-corrected chi connectivity index (χ1v) is 7.00. The lowest BCUT2D eigenvalue weighted by atomic mass is 10.1. The highest BCUT2D eigenvalue weighted by Gasteiger charge is 2.22. The van der Waals surface area contributed by atoms with Gasteiger partial charge in [-0.15, -0.1) is 0 Å². The summed E-state index contributed by atoms with van der Waals surface area (Å²) in [6.45, 7) is 3.72. The number of ether oxygens (including phenoxy) is 1. The Morgan fingerprint density at radius 1 is 1.43 bits per heavy atom. The lowest BCUT2D eigenvalue weighted by molar-refractivity contribution is -0.384. The number of benzene rings is 1. The van der Waals surface area contributed by atoms with Crippen LogP contribution in [0.15, 0.2) is 24.3 Å². The summed E-state index contributed by atoms with van der Waals surface area (Å²) in [6.07, 6.45) is 4.92. The Morgan fingerprint density at radius 3 is 2.76 bits per heavy atom. The lowest BCUT2D eigenvalue weighted by Gasteiger charge is -2.17. The van der Waals surface area contributed by atoms with E-state index in [-0.39, 0.29) is 10.6 Å². The molecule has 0 saturated carbocycles. The second kappa shape index (κ2) is 6.88. The summed E-state index contributed by atoms with van der Waals surface area (Å²) in [7, 11) is 0. The van der Waals surface area contributed by atoms with Crippen LogP contribution in [-0.2, 0) is 9.53 Å². The molecule has 1 aliphatic rings. The van der Waals surface area contributed by atoms with Crippen LogP contribution in [0.2, 0.25) is 0 Å². The normalized spacial score (nSPS) is 14.6. The maximum absolute atomic E-state index is 11.3. The number of nitro benzene ring substituents is 1. The number of carbonyl (C=O) groups is 1. The molecule has 0 bridgehead atoms. The van der Waals surface area contributed by atoms with Crippen molar-refractivity contribution < 1.29 is 14.5 Å². The summed E-state index contributed by atoms with van der Waals surface area (Å²) in [5.41, 5.74) is 1.33. The van der Waals surface area contributed by atoms with E-state index >= 15 is 0 Å². The number of hydrogen-bond donors (Lipinski definition) is 0. The predicted molar refractivity (Wildman–Crippen MR) is 80.2 cm³/mol. The van der Waals surface area contributed by atoms with Gasteiger partial charge in [0.2, 0.25) is 0 Å². The Kier molecular flexibility index (Phi) is 4.92. The van der Waals surface area contributed by atoms with E-state index in [1.165, 1.54) is 18.2 Å². The van der Waals surface area contributed by atoms with E-state index in [4.69, 9.17) is 4.74 Å². The monoisotopic (exact) mass is 290 g/mol. The number of nitro groups is 1. The van der Waals surface area contributed by atoms with E-state index in [0.717, 1.165) is 25.9 Å². The summed E-state index contributed by atoms with van der Waals surface area (Å²) in [5, 5.41) is 11.2. The summed E-state index contributed by atoms with van der Waals surface area (Å²) >= 11 is 0. The number of nitrogens with zero attached hydrogens (tertiary/aromatic N) is 2. The minimum atomic E-state index is -0.455. The highest BCUT2D eigenvalue weighted by atomic mass is 16.6. The van der Waals surface area contributed by atoms with Gasteiger partial charge in [-0.2, -0.15) is 0 Å². The quantitative estimate of drug-likeness (QED) is 0.361. The highest BCUT2D eigenvalue weighted by Crippen LogP contribution is 2.31. The van der Waals surface area contributed by atoms with Gasteiger partial charge in [-0.1, -0.05) is 6.07 Å². The fraction of sp³-hybridized carbons (Fsp3) is 0.400. The summed E-state index contributed by atoms with van der Waals surface area (Å²) in [6, 6.07) is 5.01. The van der Waals surface area contributed by atoms with Crippen molar-refractivity contribution in [3.8, 4) is 0 Å². The van der Waals surface area contributed by atoms with Gasteiger partial charge in [0.1, 0.15) is 5.69 Å². The standard InChI is InChI=1S/C15H18N2O4/c1-2-21-15(18)8-6-12-5-7-13(14(11-12)17(19)20)16-9-3-4-10-16/h5-8,11H,2-4,9-10H2,1H3/b8-6+. The van der Waals surface area contributed by atoms with Crippen molar-refractivity contribution in [2.45, 2.75) is 19.8 Å². The minimum Gasteiger partial charge on any atom is -0.463 e. The highest BCUT2D eigenvalue weighted by molar-refractivity contribution is 5.87. The molecule has 1 saturated heterocycles. The molecule has 0 aliphatic carbocycles. The molecular weight excluding hydrogens is 272 g/mol. The summed E-state index contributed by atoms with van der Waals surface area (Å²) in [4.78, 5) is 24.1. The van der Waals surface area contributed by atoms with Gasteiger partial charge >= 0.3 is 5.97 Å². The van der Waals surface area contributed by atoms with Crippen molar-refractivity contribution in [3.63, 3.8) is 0 Å². The topological polar surface area (TPSA) is 72.7 Å². The predicted octanol–water partition coefficient (Wildman–Crippen LogP) is 2.77. The molecule has 112 valence electrons. The number of rotatable bonds is 5. The average molecular weight is 290 g/mol. The molecule has 1 heterocycles. The smallest absolute Gasteiger partial charge is 0.330 e. The molecule has 6 heteroatoms. The van der Waals surface area contributed by atoms with E-state index in [1.54, 1.807) is 19.1 Å². The van der Waals surface area contributed by atoms with Crippen LogP contribution in [0, 0.1) is 10.1 Å². The van der Waals surface area contributed by atoms with Gasteiger partial charge in [-0.25, -0.2) is 4.79 Å². The van der Waals surface area contributed by atoms with Crippen molar-refractivity contribution in [2.75, 3.05) is 24.6 Å². The van der Waals surface area contributed by atoms with Crippen LogP contribution >= 0.6 is 0 Å². The third-order valence-corrected chi connectivity index (χ3v) is 3.34. The molecule has 6 nitrogen and oxygen atoms in total. The van der Waals surface area contributed by atoms with Crippen LogP contribution in [-0.4, -0.2) is 30.6 Å². The Bertz CT molecular complexity index is 563. The maximum Gasteiger partial charge on any atom is 0.330 e. The van der Waals surface area contributed by atoms with Crippen LogP contribution < -0.4 is 4.90 Å². The Balaban J connectivity index is 2.23. The molecule has 0 unspecified atom stereocenters. The second-order valence-corrected chi connectivity index (χ2v) is 4.78. The van der Waals surface area contributed by atoms with Gasteiger partial charge in [0, 0.05) is 25.2 Å². The molecule has 1 aromatic rings. The van der Waals surface area contributed by atoms with Gasteiger partial charge in [-0.3, -0.25) is 10.1 Å². The van der Waals surface area contributed by atoms with E-state index < -0.39 is 5.97 Å². The van der Waals surface area contributed by atoms with Crippen LogP contribution in [0.1, 0.15) is 25.3 Å². The number of carbonyl (C=O) groups excluding carboxylic acids is 1. The van der Waals surface area contributed by atoms with Crippen molar-refractivity contribution >= 4 is 23.4 Å². The van der Waals surface area contributed by atoms with Crippen molar-refractivity contribution in [1.29, 1.82) is 0 Å². The molecule has 0 aromatic heterocycles. The molecule has 0 N–H and O–H groups in total. The fourth-order valence-electron chi connectivity index (χ4n) is 2.37. The minimum absolute atomic E-state index is 0.0721. The number of hydrogen-bond acceptors (Lipinski definition) is 5. The molecule has 0 atom stereocenters. The van der Waals surface area contributed by atoms with Crippen LogP contribution in [0.3, 0.4) is 0 Å². The first kappa shape index (κ1) is 15.0. The van der Waals surface area contributed by atoms with Crippen LogP contribution in [0.25, 0.3) is 6.08 Å². The van der Waals surface area contributed by atoms with E-state index in [2.05, 4.69) is 0 Å². The third kappa shape index (κ3) is 3.81. The zero-order chi connectivity index (χ0) is 15.2. The molecule has 1 fully saturated rings. The zero-order valence-electron chi connectivity index (χ0n) is 11.9. The van der Waals surface area contributed by atoms with Gasteiger partial charge in [0.15, 0.2) is 0 Å². The molecule has 21 heavy (non-hydrogen) atoms. The largest absolute Gasteiger partial charge is 0.463 e. The van der Waals surface area contributed by atoms with Gasteiger partial charge in [0.05, 0.1) is 11.5 Å². The summed E-state index contributed by atoms with van der Waals surface area (Å²) in [5.74, 6) is -0.455. The Morgan fingerprint density at radius 2 is 2.14 bits per heavy atom. The van der Waals surface area contributed by atoms with E-state index in [1.807, 2.05) is 4.90 Å². The molecule has 1 aromatic carbocycles. The SMILES string of the molecule is CCOC(=O)/C=C/c1ccc(N2CCCC2)c([N+](=O)[O-])c1. The van der Waals surface area contributed by atoms with Crippen molar-refractivity contribution in [1.82, 2.24) is 0 Å². The summed E-state index contributed by atoms with van der Waals surface area (Å²) < 4.78 is 4.78. The number of esters is 1. The Labute approximate surface area is 123 Å². The number of anilines is 1. The Hall–Kier alpha value is -2.37. The van der Waals surface area contributed by atoms with Crippen LogP contribution in [0.5, 0.6) is 0 Å².